The standard InChI is InChI=1S/C56H72N4O11S/c1-8-9-10-11-12-13-14-15-16-17-18-19-20-21-43(62)71-42-26-35-22-23-58-56(37(35)27-41(42)65-6)30-72-54-46-45(53-52(68-31-69-53)33(3)51(46)70-34(4)61)40(29-67-55(56)64)60-39(28-57)38-25-36-24-32(2)50(66-7)49(63)44(36)47(48(54)60)59(38)5/h24,26-27,38-40,47-48,54,58,63H,8-23,25,29-31H2,1-7H3/t38-,39-,40-,47?,48?,54+,56+/m0/s1. The van der Waals surface area contributed by atoms with Crippen molar-refractivity contribution in [3.63, 3.8) is 0 Å². The predicted octanol–water partition coefficient (Wildman–Crippen LogP) is 9.67. The first-order valence-electron chi connectivity index (χ1n) is 26.3. The summed E-state index contributed by atoms with van der Waals surface area (Å²) < 4.78 is 43.0. The Kier molecular flexibility index (Phi) is 15.9. The van der Waals surface area contributed by atoms with Gasteiger partial charge < -0.3 is 38.3 Å². The molecule has 0 aliphatic carbocycles. The Morgan fingerprint density at radius 1 is 0.875 bits per heavy atom. The maximum absolute atomic E-state index is 15.2. The molecule has 7 aliphatic rings. The number of hydrogen-bond acceptors (Lipinski definition) is 16. The molecule has 0 aromatic heterocycles. The minimum Gasteiger partial charge on any atom is -0.504 e. The number of unbranched alkanes of at least 4 members (excludes halogenated alkanes) is 12. The van der Waals surface area contributed by atoms with E-state index >= 15 is 4.79 Å². The molecule has 0 saturated carbocycles. The van der Waals surface area contributed by atoms with Crippen LogP contribution in [0.25, 0.3) is 0 Å². The van der Waals surface area contributed by atoms with Crippen molar-refractivity contribution in [3.05, 3.63) is 62.7 Å². The zero-order chi connectivity index (χ0) is 50.8. The minimum atomic E-state index is -1.41. The van der Waals surface area contributed by atoms with E-state index in [0.717, 1.165) is 36.0 Å². The molecule has 2 fully saturated rings. The lowest BCUT2D eigenvalue weighted by Crippen LogP contribution is -2.69. The van der Waals surface area contributed by atoms with Gasteiger partial charge in [-0.3, -0.25) is 24.7 Å². The average Bonchev–Trinajstić information content (AvgIpc) is 3.86. The van der Waals surface area contributed by atoms with Crippen LogP contribution in [0.15, 0.2) is 18.2 Å². The van der Waals surface area contributed by atoms with Crippen LogP contribution in [-0.4, -0.2) is 97.9 Å². The number of esters is 3. The van der Waals surface area contributed by atoms with Gasteiger partial charge in [0.15, 0.2) is 40.0 Å². The van der Waals surface area contributed by atoms with Crippen LogP contribution in [0.2, 0.25) is 0 Å². The first-order valence-corrected chi connectivity index (χ1v) is 27.3. The highest BCUT2D eigenvalue weighted by molar-refractivity contribution is 7.99. The Hall–Kier alpha value is -5.21. The molecule has 10 rings (SSSR count). The Bertz CT molecular complexity index is 2600. The predicted molar refractivity (Wildman–Crippen MR) is 272 cm³/mol. The molecular weight excluding hydrogens is 937 g/mol. The second-order valence-electron chi connectivity index (χ2n) is 20.5. The summed E-state index contributed by atoms with van der Waals surface area (Å²) in [7, 11) is 5.07. The number of nitrogens with one attached hydrogen (secondary N) is 1. The van der Waals surface area contributed by atoms with E-state index in [1.54, 1.807) is 13.2 Å². The van der Waals surface area contributed by atoms with Crippen molar-refractivity contribution in [1.82, 2.24) is 15.1 Å². The van der Waals surface area contributed by atoms with E-state index in [2.05, 4.69) is 34.2 Å². The number of carbonyl (C=O) groups excluding carboxylic acids is 3. The number of benzene rings is 3. The highest BCUT2D eigenvalue weighted by atomic mass is 32.2. The van der Waals surface area contributed by atoms with Crippen molar-refractivity contribution < 1.29 is 52.6 Å². The molecule has 7 aliphatic heterocycles. The van der Waals surface area contributed by atoms with E-state index in [1.165, 1.54) is 90.0 Å². The van der Waals surface area contributed by atoms with Crippen molar-refractivity contribution >= 4 is 29.7 Å². The lowest BCUT2D eigenvalue weighted by atomic mass is 9.71. The van der Waals surface area contributed by atoms with Crippen molar-refractivity contribution in [2.45, 2.75) is 171 Å². The molecular formula is C56H72N4O11S. The van der Waals surface area contributed by atoms with Gasteiger partial charge in [-0.15, -0.1) is 11.8 Å². The molecule has 16 heteroatoms. The van der Waals surface area contributed by atoms with E-state index in [0.29, 0.717) is 88.1 Å². The number of ether oxygens (including phenoxy) is 7. The topological polar surface area (TPSA) is 178 Å². The maximum atomic E-state index is 15.2. The normalized spacial score (nSPS) is 24.8. The molecule has 7 atom stereocenters. The molecule has 2 saturated heterocycles. The molecule has 4 bridgehead atoms. The summed E-state index contributed by atoms with van der Waals surface area (Å²) in [6.07, 6.45) is 17.1. The Morgan fingerprint density at radius 3 is 2.24 bits per heavy atom. The van der Waals surface area contributed by atoms with Crippen molar-refractivity contribution in [3.8, 4) is 46.3 Å². The van der Waals surface area contributed by atoms with Gasteiger partial charge in [0, 0.05) is 60.0 Å². The van der Waals surface area contributed by atoms with Crippen molar-refractivity contribution in [2.75, 3.05) is 47.0 Å². The third-order valence-electron chi connectivity index (χ3n) is 16.1. The van der Waals surface area contributed by atoms with E-state index in [4.69, 9.17) is 33.2 Å². The fraction of sp³-hybridized carbons (Fsp3) is 0.607. The van der Waals surface area contributed by atoms with Gasteiger partial charge in [0.25, 0.3) is 0 Å². The van der Waals surface area contributed by atoms with Gasteiger partial charge in [-0.1, -0.05) is 90.0 Å². The van der Waals surface area contributed by atoms with Gasteiger partial charge in [0.2, 0.25) is 6.79 Å². The summed E-state index contributed by atoms with van der Waals surface area (Å²) in [5.74, 6) is 1.02. The smallest absolute Gasteiger partial charge is 0.331 e. The van der Waals surface area contributed by atoms with Crippen LogP contribution in [0, 0.1) is 25.2 Å². The number of aryl methyl sites for hydroxylation is 1. The van der Waals surface area contributed by atoms with E-state index in [-0.39, 0.29) is 36.9 Å². The summed E-state index contributed by atoms with van der Waals surface area (Å²) >= 11 is 1.49. The van der Waals surface area contributed by atoms with Crippen molar-refractivity contribution in [1.29, 1.82) is 5.26 Å². The number of likely N-dealkylation sites (N-methyl/N-ethyl adjacent to an activating group) is 1. The summed E-state index contributed by atoms with van der Waals surface area (Å²) in [5, 5.41) is 26.5. The number of nitriles is 1. The van der Waals surface area contributed by atoms with E-state index < -0.39 is 46.9 Å². The van der Waals surface area contributed by atoms with Gasteiger partial charge in [0.1, 0.15) is 18.4 Å². The number of methoxy groups -OCH3 is 2. The molecule has 0 radical (unpaired) electrons. The van der Waals surface area contributed by atoms with Crippen LogP contribution in [0.4, 0.5) is 0 Å². The average molecular weight is 1010 g/mol. The van der Waals surface area contributed by atoms with Crippen molar-refractivity contribution in [2.24, 2.45) is 0 Å². The second kappa shape index (κ2) is 22.1. The Balaban J connectivity index is 1.04. The van der Waals surface area contributed by atoms with Gasteiger partial charge in [-0.2, -0.15) is 5.26 Å². The van der Waals surface area contributed by atoms with Gasteiger partial charge in [-0.25, -0.2) is 4.79 Å². The number of piperazine rings is 1. The number of rotatable bonds is 18. The zero-order valence-corrected chi connectivity index (χ0v) is 43.9. The molecule has 3 aromatic rings. The fourth-order valence-electron chi connectivity index (χ4n) is 12.7. The number of carbonyl (C=O) groups is 3. The lowest BCUT2D eigenvalue weighted by molar-refractivity contribution is -0.157. The highest BCUT2D eigenvalue weighted by Gasteiger charge is 2.62. The SMILES string of the molecule is CCCCCCCCCCCCCCCC(=O)Oc1cc2c(cc1OC)[C@@]1(CS[C@@H]3c4c(OC(C)=O)c(C)c5c(c4[C@H](COC1=O)N1C3C3c4c(cc(C)c(OC)c4O)C[C@@H]([C@@H]1C#N)N3C)OCO5)NCC2. The molecule has 1 spiro atoms. The van der Waals surface area contributed by atoms with Gasteiger partial charge in [0.05, 0.1) is 37.6 Å². The molecule has 7 heterocycles. The van der Waals surface area contributed by atoms with Crippen LogP contribution in [0.5, 0.6) is 40.2 Å². The van der Waals surface area contributed by atoms with Crippen LogP contribution in [-0.2, 0) is 37.5 Å². The Morgan fingerprint density at radius 2 is 1.57 bits per heavy atom. The van der Waals surface area contributed by atoms with E-state index in [9.17, 15) is 20.0 Å². The summed E-state index contributed by atoms with van der Waals surface area (Å²) in [6.45, 7) is 7.51. The van der Waals surface area contributed by atoms with Crippen LogP contribution in [0.1, 0.15) is 166 Å². The quantitative estimate of drug-likeness (QED) is 0.0698. The fourth-order valence-corrected chi connectivity index (χ4v) is 14.4. The molecule has 3 aromatic carbocycles. The number of phenolic OH excluding ortho intramolecular Hbond substituents is 1. The van der Waals surface area contributed by atoms with Crippen LogP contribution >= 0.6 is 11.8 Å². The van der Waals surface area contributed by atoms with Gasteiger partial charge >= 0.3 is 17.9 Å². The first kappa shape index (κ1) is 51.7. The second-order valence-corrected chi connectivity index (χ2v) is 21.7. The monoisotopic (exact) mass is 1010 g/mol. The summed E-state index contributed by atoms with van der Waals surface area (Å²) in [6, 6.07) is 5.48. The number of fused-ring (bicyclic) bond motifs is 9. The van der Waals surface area contributed by atoms with E-state index in [1.807, 2.05) is 27.0 Å². The van der Waals surface area contributed by atoms with Crippen LogP contribution < -0.4 is 33.7 Å². The first-order chi connectivity index (χ1) is 34.9. The number of nitrogens with zero attached hydrogens (tertiary/aromatic N) is 3. The zero-order valence-electron chi connectivity index (χ0n) is 43.1. The molecule has 388 valence electrons. The van der Waals surface area contributed by atoms with Gasteiger partial charge in [-0.05, 0) is 74.5 Å². The molecule has 0 amide bonds. The van der Waals surface area contributed by atoms with Crippen LogP contribution in [0.3, 0.4) is 0 Å². The lowest BCUT2D eigenvalue weighted by Gasteiger charge is -2.62. The third kappa shape index (κ3) is 9.36. The molecule has 2 N–H and O–H groups in total. The molecule has 72 heavy (non-hydrogen) atoms. The minimum absolute atomic E-state index is 0.0390. The summed E-state index contributed by atoms with van der Waals surface area (Å²) in [5.41, 5.74) is 4.37. The number of aromatic hydroxyl groups is 1. The highest BCUT2D eigenvalue weighted by Crippen LogP contribution is 2.64. The molecule has 15 nitrogen and oxygen atoms in total. The number of thioether (sulfide) groups is 1. The number of phenols is 1. The Labute approximate surface area is 428 Å². The molecule has 2 unspecified atom stereocenters. The summed E-state index contributed by atoms with van der Waals surface area (Å²) in [4.78, 5) is 46.1. The third-order valence-corrected chi connectivity index (χ3v) is 17.6. The largest absolute Gasteiger partial charge is 0.504 e. The maximum Gasteiger partial charge on any atom is 0.331 e. The number of hydrogen-bond donors (Lipinski definition) is 2.